The van der Waals surface area contributed by atoms with Gasteiger partial charge in [-0.3, -0.25) is 4.98 Å². The summed E-state index contributed by atoms with van der Waals surface area (Å²) >= 11 is 12.5. The number of aromatic nitrogens is 2. The molecule has 0 N–H and O–H groups in total. The molecule has 3 heterocycles. The third-order valence-electron chi connectivity index (χ3n) is 4.18. The number of hydrogen-bond donors (Lipinski definition) is 0. The number of pyridine rings is 2. The molecule has 0 atom stereocenters. The van der Waals surface area contributed by atoms with Gasteiger partial charge in [-0.15, -0.1) is 0 Å². The summed E-state index contributed by atoms with van der Waals surface area (Å²) in [6, 6.07) is 2.57. The van der Waals surface area contributed by atoms with E-state index in [1.807, 2.05) is 18.7 Å². The van der Waals surface area contributed by atoms with Gasteiger partial charge in [0, 0.05) is 29.7 Å². The van der Waals surface area contributed by atoms with Crippen LogP contribution in [0.25, 0.3) is 0 Å². The lowest BCUT2D eigenvalue weighted by molar-refractivity contribution is 0.200. The van der Waals surface area contributed by atoms with Crippen molar-refractivity contribution in [3.05, 3.63) is 75.1 Å². The number of ether oxygens (including phenoxy) is 1. The van der Waals surface area contributed by atoms with Crippen LogP contribution in [0, 0.1) is 11.6 Å². The first-order valence-electron chi connectivity index (χ1n) is 8.30. The number of anilines is 1. The number of hydrogen-bond acceptors (Lipinski definition) is 4. The Morgan fingerprint density at radius 1 is 1.19 bits per heavy atom. The van der Waals surface area contributed by atoms with Crippen molar-refractivity contribution >= 4 is 28.9 Å². The molecule has 4 nitrogen and oxygen atoms in total. The lowest BCUT2D eigenvalue weighted by atomic mass is 10.1. The van der Waals surface area contributed by atoms with Crippen molar-refractivity contribution in [2.75, 3.05) is 11.4 Å². The Hall–Kier alpha value is -2.18. The second-order valence-electron chi connectivity index (χ2n) is 6.00. The number of aryl methyl sites for hydroxylation is 1. The van der Waals surface area contributed by atoms with Crippen LogP contribution in [0.5, 0.6) is 0 Å². The first-order chi connectivity index (χ1) is 12.9. The van der Waals surface area contributed by atoms with E-state index in [0.717, 1.165) is 35.6 Å². The monoisotopic (exact) mass is 411 g/mol. The molecule has 0 radical (unpaired) electrons. The molecule has 1 aliphatic rings. The average Bonchev–Trinajstić information content (AvgIpc) is 2.63. The van der Waals surface area contributed by atoms with Gasteiger partial charge in [0.2, 0.25) is 0 Å². The Bertz CT molecular complexity index is 931. The number of rotatable bonds is 5. The normalized spacial score (nSPS) is 14.4. The maximum absolute atomic E-state index is 13.7. The summed E-state index contributed by atoms with van der Waals surface area (Å²) in [6.45, 7) is 4.18. The van der Waals surface area contributed by atoms with Crippen LogP contribution in [0.1, 0.15) is 25.1 Å². The van der Waals surface area contributed by atoms with E-state index < -0.39 is 11.6 Å². The number of nitrogens with zero attached hydrogens (tertiary/aromatic N) is 3. The molecule has 8 heteroatoms. The molecule has 3 rings (SSSR count). The molecule has 0 bridgehead atoms. The molecular formula is C19H17Cl2F2N3O. The SMILES string of the molecule is CCc1cnc(Cl)cc1N1CC(Cl)=C(OCc2ncc(F)cc2F)C=C1C. The largest absolute Gasteiger partial charge is 0.486 e. The standard InChI is InChI=1S/C19H17Cl2F2N3O/c1-3-12-7-25-19(21)6-17(12)26-9-14(20)18(4-11(26)2)27-10-16-15(23)5-13(22)8-24-16/h4-8H,3,9-10H2,1-2H3. The molecule has 27 heavy (non-hydrogen) atoms. The predicted octanol–water partition coefficient (Wildman–Crippen LogP) is 5.36. The van der Waals surface area contributed by atoms with Crippen LogP contribution in [-0.2, 0) is 17.8 Å². The van der Waals surface area contributed by atoms with Crippen molar-refractivity contribution < 1.29 is 13.5 Å². The molecule has 0 saturated carbocycles. The van der Waals surface area contributed by atoms with Gasteiger partial charge in [-0.2, -0.15) is 0 Å². The van der Waals surface area contributed by atoms with Gasteiger partial charge in [-0.25, -0.2) is 13.8 Å². The Labute approximate surface area is 166 Å². The summed E-state index contributed by atoms with van der Waals surface area (Å²) in [4.78, 5) is 9.84. The van der Waals surface area contributed by atoms with Crippen LogP contribution >= 0.6 is 23.2 Å². The van der Waals surface area contributed by atoms with E-state index >= 15 is 0 Å². The number of allylic oxidation sites excluding steroid dienone is 2. The fourth-order valence-corrected chi connectivity index (χ4v) is 3.13. The van der Waals surface area contributed by atoms with Crippen molar-refractivity contribution in [3.8, 4) is 0 Å². The van der Waals surface area contributed by atoms with E-state index in [2.05, 4.69) is 9.97 Å². The topological polar surface area (TPSA) is 38.2 Å². The summed E-state index contributed by atoms with van der Waals surface area (Å²) in [7, 11) is 0. The van der Waals surface area contributed by atoms with Crippen LogP contribution in [0.15, 0.2) is 47.1 Å². The number of halogens is 4. The van der Waals surface area contributed by atoms with E-state index in [1.54, 1.807) is 18.3 Å². The Morgan fingerprint density at radius 2 is 1.96 bits per heavy atom. The lowest BCUT2D eigenvalue weighted by Crippen LogP contribution is -2.27. The van der Waals surface area contributed by atoms with Crippen LogP contribution in [0.2, 0.25) is 5.15 Å². The van der Waals surface area contributed by atoms with Crippen LogP contribution in [0.4, 0.5) is 14.5 Å². The molecular weight excluding hydrogens is 395 g/mol. The maximum Gasteiger partial charge on any atom is 0.151 e. The Morgan fingerprint density at radius 3 is 2.67 bits per heavy atom. The van der Waals surface area contributed by atoms with Crippen molar-refractivity contribution in [2.24, 2.45) is 0 Å². The molecule has 0 unspecified atom stereocenters. The first kappa shape index (κ1) is 19.6. The van der Waals surface area contributed by atoms with Gasteiger partial charge in [0.25, 0.3) is 0 Å². The van der Waals surface area contributed by atoms with E-state index in [0.29, 0.717) is 22.5 Å². The summed E-state index contributed by atoms with van der Waals surface area (Å²) in [5.41, 5.74) is 2.86. The van der Waals surface area contributed by atoms with Gasteiger partial charge in [0.05, 0.1) is 17.8 Å². The molecule has 0 spiro atoms. The van der Waals surface area contributed by atoms with Crippen LogP contribution in [-0.4, -0.2) is 16.5 Å². The minimum Gasteiger partial charge on any atom is -0.486 e. The van der Waals surface area contributed by atoms with Gasteiger partial charge >= 0.3 is 0 Å². The van der Waals surface area contributed by atoms with Crippen molar-refractivity contribution in [3.63, 3.8) is 0 Å². The van der Waals surface area contributed by atoms with E-state index in [-0.39, 0.29) is 12.3 Å². The molecule has 0 saturated heterocycles. The maximum atomic E-state index is 13.7. The van der Waals surface area contributed by atoms with Gasteiger partial charge < -0.3 is 9.64 Å². The second kappa shape index (κ2) is 8.23. The van der Waals surface area contributed by atoms with Gasteiger partial charge in [0.15, 0.2) is 5.82 Å². The third-order valence-corrected chi connectivity index (χ3v) is 4.69. The molecule has 0 aromatic carbocycles. The Kier molecular flexibility index (Phi) is 5.97. The highest BCUT2D eigenvalue weighted by atomic mass is 35.5. The quantitative estimate of drug-likeness (QED) is 0.620. The highest BCUT2D eigenvalue weighted by Gasteiger charge is 2.22. The average molecular weight is 412 g/mol. The minimum atomic E-state index is -0.760. The van der Waals surface area contributed by atoms with E-state index in [4.69, 9.17) is 27.9 Å². The second-order valence-corrected chi connectivity index (χ2v) is 6.84. The zero-order chi connectivity index (χ0) is 19.6. The highest BCUT2D eigenvalue weighted by Crippen LogP contribution is 2.32. The predicted molar refractivity (Wildman–Crippen MR) is 102 cm³/mol. The van der Waals surface area contributed by atoms with E-state index in [1.165, 1.54) is 0 Å². The molecule has 0 amide bonds. The summed E-state index contributed by atoms with van der Waals surface area (Å²) < 4.78 is 32.3. The molecule has 1 aliphatic heterocycles. The summed E-state index contributed by atoms with van der Waals surface area (Å²) in [6.07, 6.45) is 5.25. The van der Waals surface area contributed by atoms with Crippen LogP contribution in [0.3, 0.4) is 0 Å². The van der Waals surface area contributed by atoms with Gasteiger partial charge in [-0.05, 0) is 25.0 Å². The Balaban J connectivity index is 1.79. The van der Waals surface area contributed by atoms with Gasteiger partial charge in [0.1, 0.15) is 29.0 Å². The zero-order valence-electron chi connectivity index (χ0n) is 14.8. The fourth-order valence-electron chi connectivity index (χ4n) is 2.75. The summed E-state index contributed by atoms with van der Waals surface area (Å²) in [5, 5.41) is 0.855. The molecule has 0 aliphatic carbocycles. The van der Waals surface area contributed by atoms with E-state index in [9.17, 15) is 8.78 Å². The minimum absolute atomic E-state index is 0.0102. The molecule has 142 valence electrons. The highest BCUT2D eigenvalue weighted by molar-refractivity contribution is 6.31. The van der Waals surface area contributed by atoms with Crippen molar-refractivity contribution in [1.29, 1.82) is 0 Å². The molecule has 0 fully saturated rings. The smallest absolute Gasteiger partial charge is 0.151 e. The van der Waals surface area contributed by atoms with Crippen molar-refractivity contribution in [2.45, 2.75) is 26.9 Å². The summed E-state index contributed by atoms with van der Waals surface area (Å²) in [5.74, 6) is -1.07. The molecule has 2 aromatic heterocycles. The first-order valence-corrected chi connectivity index (χ1v) is 9.06. The lowest BCUT2D eigenvalue weighted by Gasteiger charge is -2.31. The van der Waals surface area contributed by atoms with Crippen molar-refractivity contribution in [1.82, 2.24) is 9.97 Å². The van der Waals surface area contributed by atoms with Gasteiger partial charge in [-0.1, -0.05) is 30.1 Å². The fraction of sp³-hybridized carbons (Fsp3) is 0.263. The zero-order valence-corrected chi connectivity index (χ0v) is 16.3. The molecule has 2 aromatic rings. The van der Waals surface area contributed by atoms with Crippen LogP contribution < -0.4 is 4.90 Å². The third kappa shape index (κ3) is 4.39.